The Labute approximate surface area is 126 Å². The van der Waals surface area contributed by atoms with Crippen LogP contribution >= 0.6 is 22.7 Å². The fraction of sp³-hybridized carbons (Fsp3) is 0.438. The summed E-state index contributed by atoms with van der Waals surface area (Å²) in [6.07, 6.45) is 4.24. The molecule has 1 aliphatic carbocycles. The Morgan fingerprint density at radius 1 is 1.35 bits per heavy atom. The first kappa shape index (κ1) is 12.6. The molecule has 0 saturated carbocycles. The molecule has 2 aromatic heterocycles. The highest BCUT2D eigenvalue weighted by molar-refractivity contribution is 7.16. The van der Waals surface area contributed by atoms with Gasteiger partial charge in [0.05, 0.1) is 5.00 Å². The van der Waals surface area contributed by atoms with E-state index in [9.17, 15) is 4.79 Å². The molecule has 0 spiro atoms. The van der Waals surface area contributed by atoms with Gasteiger partial charge in [-0.15, -0.1) is 22.7 Å². The Balaban J connectivity index is 1.85. The van der Waals surface area contributed by atoms with Crippen LogP contribution in [0.15, 0.2) is 17.5 Å². The monoisotopic (exact) mass is 303 g/mol. The van der Waals surface area contributed by atoms with Gasteiger partial charge in [0, 0.05) is 22.1 Å². The Kier molecular flexibility index (Phi) is 2.97. The quantitative estimate of drug-likeness (QED) is 0.830. The standard InChI is InChI=1S/C16H17NOS2/c1-9-4-5-10-13(7-9)20-16-15(10)11(8-14(18)17-16)12-3-2-6-19-12/h2-3,6,9,11H,4-5,7-8H2,1H3,(H,17,18)/t9-,11+/m0/s1. The third-order valence-corrected chi connectivity index (χ3v) is 6.60. The lowest BCUT2D eigenvalue weighted by Gasteiger charge is -2.25. The second-order valence-electron chi connectivity index (χ2n) is 5.91. The zero-order valence-corrected chi connectivity index (χ0v) is 13.1. The van der Waals surface area contributed by atoms with E-state index in [0.29, 0.717) is 6.42 Å². The van der Waals surface area contributed by atoms with Crippen LogP contribution in [0.3, 0.4) is 0 Å². The fourth-order valence-electron chi connectivity index (χ4n) is 3.43. The van der Waals surface area contributed by atoms with E-state index in [4.69, 9.17) is 0 Å². The average molecular weight is 303 g/mol. The zero-order valence-electron chi connectivity index (χ0n) is 11.4. The molecule has 0 radical (unpaired) electrons. The summed E-state index contributed by atoms with van der Waals surface area (Å²) >= 11 is 3.59. The maximum atomic E-state index is 12.0. The predicted molar refractivity (Wildman–Crippen MR) is 84.9 cm³/mol. The van der Waals surface area contributed by atoms with Crippen molar-refractivity contribution in [1.29, 1.82) is 0 Å². The lowest BCUT2D eigenvalue weighted by molar-refractivity contribution is -0.116. The van der Waals surface area contributed by atoms with Crippen molar-refractivity contribution in [2.24, 2.45) is 5.92 Å². The number of nitrogens with one attached hydrogen (secondary N) is 1. The van der Waals surface area contributed by atoms with Crippen LogP contribution in [-0.4, -0.2) is 5.91 Å². The van der Waals surface area contributed by atoms with E-state index in [1.54, 1.807) is 16.9 Å². The summed E-state index contributed by atoms with van der Waals surface area (Å²) in [5.41, 5.74) is 2.97. The van der Waals surface area contributed by atoms with Crippen molar-refractivity contribution in [3.63, 3.8) is 0 Å². The second kappa shape index (κ2) is 4.71. The van der Waals surface area contributed by atoms with E-state index in [2.05, 4.69) is 29.8 Å². The Morgan fingerprint density at radius 3 is 3.05 bits per heavy atom. The van der Waals surface area contributed by atoms with Crippen molar-refractivity contribution in [2.75, 3.05) is 5.32 Å². The van der Waals surface area contributed by atoms with Gasteiger partial charge in [-0.3, -0.25) is 4.79 Å². The topological polar surface area (TPSA) is 29.1 Å². The molecule has 104 valence electrons. The largest absolute Gasteiger partial charge is 0.317 e. The van der Waals surface area contributed by atoms with Gasteiger partial charge < -0.3 is 5.32 Å². The third kappa shape index (κ3) is 1.93. The molecule has 3 heterocycles. The maximum absolute atomic E-state index is 12.0. The molecule has 4 heteroatoms. The number of amides is 1. The van der Waals surface area contributed by atoms with E-state index in [1.807, 2.05) is 11.3 Å². The highest BCUT2D eigenvalue weighted by Crippen LogP contribution is 2.48. The molecule has 2 aliphatic rings. The van der Waals surface area contributed by atoms with Crippen LogP contribution in [0, 0.1) is 5.92 Å². The summed E-state index contributed by atoms with van der Waals surface area (Å²) in [6.45, 7) is 2.33. The van der Waals surface area contributed by atoms with Crippen molar-refractivity contribution >= 4 is 33.6 Å². The molecule has 0 fully saturated rings. The number of carbonyl (C=O) groups is 1. The van der Waals surface area contributed by atoms with Gasteiger partial charge >= 0.3 is 0 Å². The number of anilines is 1. The first-order valence-electron chi connectivity index (χ1n) is 7.20. The van der Waals surface area contributed by atoms with Crippen molar-refractivity contribution in [1.82, 2.24) is 0 Å². The minimum atomic E-state index is 0.169. The lowest BCUT2D eigenvalue weighted by atomic mass is 9.82. The Morgan fingerprint density at radius 2 is 2.25 bits per heavy atom. The minimum absolute atomic E-state index is 0.169. The van der Waals surface area contributed by atoms with E-state index in [-0.39, 0.29) is 11.8 Å². The van der Waals surface area contributed by atoms with Gasteiger partial charge in [0.25, 0.3) is 0 Å². The second-order valence-corrected chi connectivity index (χ2v) is 8.00. The number of thiophene rings is 2. The molecule has 20 heavy (non-hydrogen) atoms. The lowest BCUT2D eigenvalue weighted by Crippen LogP contribution is -2.23. The van der Waals surface area contributed by atoms with Gasteiger partial charge in [-0.25, -0.2) is 0 Å². The fourth-order valence-corrected chi connectivity index (χ4v) is 5.76. The van der Waals surface area contributed by atoms with Crippen molar-refractivity contribution < 1.29 is 4.79 Å². The molecule has 0 bridgehead atoms. The van der Waals surface area contributed by atoms with Gasteiger partial charge in [-0.05, 0) is 47.8 Å². The van der Waals surface area contributed by atoms with Crippen LogP contribution in [0.2, 0.25) is 0 Å². The number of fused-ring (bicyclic) bond motifs is 3. The first-order valence-corrected chi connectivity index (χ1v) is 8.89. The van der Waals surface area contributed by atoms with E-state index < -0.39 is 0 Å². The molecule has 0 unspecified atom stereocenters. The summed E-state index contributed by atoms with van der Waals surface area (Å²) < 4.78 is 0. The van der Waals surface area contributed by atoms with Gasteiger partial charge in [0.15, 0.2) is 0 Å². The number of carbonyl (C=O) groups excluding carboxylic acids is 1. The van der Waals surface area contributed by atoms with Crippen molar-refractivity contribution in [2.45, 2.75) is 38.5 Å². The molecular formula is C16H17NOS2. The third-order valence-electron chi connectivity index (χ3n) is 4.43. The number of rotatable bonds is 1. The molecule has 2 atom stereocenters. The Bertz CT molecular complexity index is 656. The van der Waals surface area contributed by atoms with Crippen LogP contribution in [0.25, 0.3) is 0 Å². The first-order chi connectivity index (χ1) is 9.72. The molecule has 0 aromatic carbocycles. The van der Waals surface area contributed by atoms with E-state index >= 15 is 0 Å². The molecule has 1 amide bonds. The molecule has 4 rings (SSSR count). The van der Waals surface area contributed by atoms with Crippen LogP contribution in [-0.2, 0) is 17.6 Å². The van der Waals surface area contributed by atoms with Gasteiger partial charge in [0.1, 0.15) is 0 Å². The predicted octanol–water partition coefficient (Wildman–Crippen LogP) is 4.41. The number of hydrogen-bond acceptors (Lipinski definition) is 3. The highest BCUT2D eigenvalue weighted by atomic mass is 32.1. The molecule has 2 aromatic rings. The van der Waals surface area contributed by atoms with E-state index in [1.165, 1.54) is 34.6 Å². The van der Waals surface area contributed by atoms with Crippen molar-refractivity contribution in [3.8, 4) is 0 Å². The smallest absolute Gasteiger partial charge is 0.225 e. The van der Waals surface area contributed by atoms with Gasteiger partial charge in [0.2, 0.25) is 5.91 Å². The van der Waals surface area contributed by atoms with Gasteiger partial charge in [-0.2, -0.15) is 0 Å². The molecular weight excluding hydrogens is 286 g/mol. The summed E-state index contributed by atoms with van der Waals surface area (Å²) in [4.78, 5) is 14.9. The van der Waals surface area contributed by atoms with Crippen LogP contribution < -0.4 is 5.32 Å². The van der Waals surface area contributed by atoms with Crippen LogP contribution in [0.5, 0.6) is 0 Å². The van der Waals surface area contributed by atoms with Crippen LogP contribution in [0.4, 0.5) is 5.00 Å². The Hall–Kier alpha value is -1.13. The summed E-state index contributed by atoms with van der Waals surface area (Å²) in [6, 6.07) is 4.26. The summed E-state index contributed by atoms with van der Waals surface area (Å²) in [5, 5.41) is 6.35. The van der Waals surface area contributed by atoms with Gasteiger partial charge in [-0.1, -0.05) is 13.0 Å². The average Bonchev–Trinajstić information content (AvgIpc) is 3.03. The zero-order chi connectivity index (χ0) is 13.7. The van der Waals surface area contributed by atoms with Crippen LogP contribution in [0.1, 0.15) is 46.6 Å². The normalized spacial score (nSPS) is 24.9. The van der Waals surface area contributed by atoms with Crippen molar-refractivity contribution in [3.05, 3.63) is 38.4 Å². The maximum Gasteiger partial charge on any atom is 0.225 e. The minimum Gasteiger partial charge on any atom is -0.317 e. The summed E-state index contributed by atoms with van der Waals surface area (Å²) in [5.74, 6) is 1.23. The van der Waals surface area contributed by atoms with E-state index in [0.717, 1.165) is 10.9 Å². The summed E-state index contributed by atoms with van der Waals surface area (Å²) in [7, 11) is 0. The molecule has 2 nitrogen and oxygen atoms in total. The molecule has 1 N–H and O–H groups in total. The number of hydrogen-bond donors (Lipinski definition) is 1. The highest BCUT2D eigenvalue weighted by Gasteiger charge is 2.34. The molecule has 1 aliphatic heterocycles. The molecule has 0 saturated heterocycles. The SMILES string of the molecule is C[C@H]1CCc2c(sc3c2[C@@H](c2cccs2)CC(=O)N3)C1.